The predicted octanol–water partition coefficient (Wildman–Crippen LogP) is 1.80. The molecule has 110 valence electrons. The SMILES string of the molecule is Cc1ccccc1N(CCC(=O)O)CC(=O)NC(C)C. The lowest BCUT2D eigenvalue weighted by molar-refractivity contribution is -0.136. The van der Waals surface area contributed by atoms with Gasteiger partial charge in [0.1, 0.15) is 0 Å². The molecular weight excluding hydrogens is 256 g/mol. The molecule has 1 aromatic carbocycles. The normalized spacial score (nSPS) is 10.4. The second-order valence-corrected chi connectivity index (χ2v) is 5.07. The molecule has 0 aliphatic rings. The summed E-state index contributed by atoms with van der Waals surface area (Å²) in [5.74, 6) is -0.971. The molecule has 1 rings (SSSR count). The van der Waals surface area contributed by atoms with Crippen molar-refractivity contribution in [2.24, 2.45) is 0 Å². The summed E-state index contributed by atoms with van der Waals surface area (Å²) in [5.41, 5.74) is 1.92. The van der Waals surface area contributed by atoms with Crippen LogP contribution >= 0.6 is 0 Å². The molecule has 5 heteroatoms. The van der Waals surface area contributed by atoms with Gasteiger partial charge in [0.2, 0.25) is 5.91 Å². The molecule has 0 atom stereocenters. The molecule has 2 N–H and O–H groups in total. The first kappa shape index (κ1) is 16.0. The first-order valence-corrected chi connectivity index (χ1v) is 6.72. The number of nitrogens with zero attached hydrogens (tertiary/aromatic N) is 1. The fourth-order valence-electron chi connectivity index (χ4n) is 1.97. The van der Waals surface area contributed by atoms with E-state index in [0.717, 1.165) is 11.3 Å². The van der Waals surface area contributed by atoms with E-state index in [1.54, 1.807) is 4.90 Å². The van der Waals surface area contributed by atoms with Crippen LogP contribution in [-0.2, 0) is 9.59 Å². The topological polar surface area (TPSA) is 69.6 Å². The van der Waals surface area contributed by atoms with E-state index >= 15 is 0 Å². The largest absolute Gasteiger partial charge is 0.481 e. The number of aliphatic carboxylic acids is 1. The average molecular weight is 278 g/mol. The van der Waals surface area contributed by atoms with E-state index in [1.165, 1.54) is 0 Å². The maximum Gasteiger partial charge on any atom is 0.305 e. The van der Waals surface area contributed by atoms with Gasteiger partial charge in [0.25, 0.3) is 0 Å². The molecule has 0 aromatic heterocycles. The lowest BCUT2D eigenvalue weighted by atomic mass is 10.1. The summed E-state index contributed by atoms with van der Waals surface area (Å²) >= 11 is 0. The number of carbonyl (C=O) groups excluding carboxylic acids is 1. The van der Waals surface area contributed by atoms with Crippen LogP contribution in [0.25, 0.3) is 0 Å². The molecule has 0 aliphatic heterocycles. The number of rotatable bonds is 7. The van der Waals surface area contributed by atoms with Crippen molar-refractivity contribution in [3.05, 3.63) is 29.8 Å². The van der Waals surface area contributed by atoms with Crippen LogP contribution in [0.15, 0.2) is 24.3 Å². The summed E-state index contributed by atoms with van der Waals surface area (Å²) in [6.07, 6.45) is 0.00327. The molecule has 0 saturated heterocycles. The molecule has 20 heavy (non-hydrogen) atoms. The number of carboxylic acid groups (broad SMARTS) is 1. The molecule has 1 amide bonds. The first-order valence-electron chi connectivity index (χ1n) is 6.72. The smallest absolute Gasteiger partial charge is 0.305 e. The summed E-state index contributed by atoms with van der Waals surface area (Å²) in [6, 6.07) is 7.72. The van der Waals surface area contributed by atoms with E-state index in [2.05, 4.69) is 5.32 Å². The lowest BCUT2D eigenvalue weighted by Gasteiger charge is -2.25. The van der Waals surface area contributed by atoms with Gasteiger partial charge in [-0.25, -0.2) is 0 Å². The molecule has 0 aliphatic carbocycles. The minimum absolute atomic E-state index is 0.00327. The van der Waals surface area contributed by atoms with Crippen molar-refractivity contribution in [1.82, 2.24) is 5.32 Å². The fraction of sp³-hybridized carbons (Fsp3) is 0.467. The van der Waals surface area contributed by atoms with Gasteiger partial charge in [0.05, 0.1) is 13.0 Å². The number of hydrogen-bond acceptors (Lipinski definition) is 3. The summed E-state index contributed by atoms with van der Waals surface area (Å²) in [5, 5.41) is 11.7. The zero-order chi connectivity index (χ0) is 15.1. The van der Waals surface area contributed by atoms with Gasteiger partial charge < -0.3 is 15.3 Å². The number of hydrogen-bond donors (Lipinski definition) is 2. The third-order valence-electron chi connectivity index (χ3n) is 2.84. The van der Waals surface area contributed by atoms with Crippen molar-refractivity contribution in [2.45, 2.75) is 33.2 Å². The Hall–Kier alpha value is -2.04. The minimum Gasteiger partial charge on any atom is -0.481 e. The van der Waals surface area contributed by atoms with Crippen molar-refractivity contribution in [3.63, 3.8) is 0 Å². The third kappa shape index (κ3) is 5.30. The molecule has 0 bridgehead atoms. The second kappa shape index (κ2) is 7.53. The molecule has 0 fully saturated rings. The zero-order valence-corrected chi connectivity index (χ0v) is 12.2. The first-order chi connectivity index (χ1) is 9.40. The molecular formula is C15H22N2O3. The Balaban J connectivity index is 2.82. The van der Waals surface area contributed by atoms with Crippen molar-refractivity contribution in [2.75, 3.05) is 18.0 Å². The number of nitrogens with one attached hydrogen (secondary N) is 1. The number of aryl methyl sites for hydroxylation is 1. The van der Waals surface area contributed by atoms with Crippen LogP contribution in [0.5, 0.6) is 0 Å². The number of carboxylic acids is 1. The van der Waals surface area contributed by atoms with Crippen molar-refractivity contribution >= 4 is 17.6 Å². The van der Waals surface area contributed by atoms with Crippen LogP contribution in [0.1, 0.15) is 25.8 Å². The van der Waals surface area contributed by atoms with Gasteiger partial charge in [0.15, 0.2) is 0 Å². The van der Waals surface area contributed by atoms with Crippen LogP contribution in [0.3, 0.4) is 0 Å². The number of anilines is 1. The molecule has 0 spiro atoms. The van der Waals surface area contributed by atoms with Gasteiger partial charge in [-0.3, -0.25) is 9.59 Å². The minimum atomic E-state index is -0.868. The van der Waals surface area contributed by atoms with Crippen LogP contribution in [0, 0.1) is 6.92 Å². The number of amides is 1. The number of para-hydroxylation sites is 1. The number of carbonyl (C=O) groups is 2. The fourth-order valence-corrected chi connectivity index (χ4v) is 1.97. The standard InChI is InChI=1S/C15H22N2O3/c1-11(2)16-14(18)10-17(9-8-15(19)20)13-7-5-4-6-12(13)3/h4-7,11H,8-10H2,1-3H3,(H,16,18)(H,19,20). The zero-order valence-electron chi connectivity index (χ0n) is 12.2. The summed E-state index contributed by atoms with van der Waals surface area (Å²) in [6.45, 7) is 6.21. The summed E-state index contributed by atoms with van der Waals surface area (Å²) < 4.78 is 0. The number of benzene rings is 1. The van der Waals surface area contributed by atoms with Crippen LogP contribution in [0.4, 0.5) is 5.69 Å². The lowest BCUT2D eigenvalue weighted by Crippen LogP contribution is -2.41. The van der Waals surface area contributed by atoms with E-state index in [-0.39, 0.29) is 24.9 Å². The molecule has 0 heterocycles. The Morgan fingerprint density at radius 1 is 1.30 bits per heavy atom. The average Bonchev–Trinajstić information content (AvgIpc) is 2.34. The van der Waals surface area contributed by atoms with Crippen molar-refractivity contribution in [3.8, 4) is 0 Å². The summed E-state index contributed by atoms with van der Waals surface area (Å²) in [7, 11) is 0. The van der Waals surface area contributed by atoms with E-state index in [0.29, 0.717) is 6.54 Å². The highest BCUT2D eigenvalue weighted by Gasteiger charge is 2.15. The Kier molecular flexibility index (Phi) is 6.03. The molecule has 5 nitrogen and oxygen atoms in total. The quantitative estimate of drug-likeness (QED) is 0.798. The second-order valence-electron chi connectivity index (χ2n) is 5.07. The van der Waals surface area contributed by atoms with E-state index < -0.39 is 5.97 Å². The van der Waals surface area contributed by atoms with Crippen LogP contribution in [0.2, 0.25) is 0 Å². The van der Waals surface area contributed by atoms with Crippen LogP contribution < -0.4 is 10.2 Å². The highest BCUT2D eigenvalue weighted by atomic mass is 16.4. The monoisotopic (exact) mass is 278 g/mol. The van der Waals surface area contributed by atoms with E-state index in [4.69, 9.17) is 5.11 Å². The van der Waals surface area contributed by atoms with Gasteiger partial charge in [-0.15, -0.1) is 0 Å². The summed E-state index contributed by atoms with van der Waals surface area (Å²) in [4.78, 5) is 24.5. The Morgan fingerprint density at radius 3 is 2.50 bits per heavy atom. The Morgan fingerprint density at radius 2 is 1.95 bits per heavy atom. The molecule has 0 saturated carbocycles. The molecule has 0 unspecified atom stereocenters. The highest BCUT2D eigenvalue weighted by Crippen LogP contribution is 2.19. The molecule has 0 radical (unpaired) electrons. The van der Waals surface area contributed by atoms with Crippen LogP contribution in [-0.4, -0.2) is 36.1 Å². The maximum atomic E-state index is 11.9. The van der Waals surface area contributed by atoms with Gasteiger partial charge in [-0.1, -0.05) is 18.2 Å². The van der Waals surface area contributed by atoms with E-state index in [1.807, 2.05) is 45.0 Å². The Labute approximate surface area is 119 Å². The highest BCUT2D eigenvalue weighted by molar-refractivity contribution is 5.82. The molecule has 1 aromatic rings. The van der Waals surface area contributed by atoms with Gasteiger partial charge in [0, 0.05) is 18.3 Å². The third-order valence-corrected chi connectivity index (χ3v) is 2.84. The predicted molar refractivity (Wildman–Crippen MR) is 78.9 cm³/mol. The van der Waals surface area contributed by atoms with Crippen molar-refractivity contribution < 1.29 is 14.7 Å². The van der Waals surface area contributed by atoms with Gasteiger partial charge in [-0.05, 0) is 32.4 Å². The van der Waals surface area contributed by atoms with Gasteiger partial charge >= 0.3 is 5.97 Å². The van der Waals surface area contributed by atoms with Crippen molar-refractivity contribution in [1.29, 1.82) is 0 Å². The Bertz CT molecular complexity index is 472. The maximum absolute atomic E-state index is 11.9. The van der Waals surface area contributed by atoms with Gasteiger partial charge in [-0.2, -0.15) is 0 Å². The van der Waals surface area contributed by atoms with E-state index in [9.17, 15) is 9.59 Å².